The number of nitrogens with one attached hydrogen (secondary N) is 1. The fourth-order valence-electron chi connectivity index (χ4n) is 2.65. The highest BCUT2D eigenvalue weighted by molar-refractivity contribution is 9.10. The fraction of sp³-hybridized carbons (Fsp3) is 0.250. The number of esters is 1. The molecule has 1 aromatic carbocycles. The van der Waals surface area contributed by atoms with Gasteiger partial charge >= 0.3 is 5.97 Å². The Morgan fingerprint density at radius 1 is 1.19 bits per heavy atom. The lowest BCUT2D eigenvalue weighted by Gasteiger charge is -2.19. The number of benzene rings is 1. The van der Waals surface area contributed by atoms with E-state index >= 15 is 0 Å². The number of ether oxygens (including phenoxy) is 1. The second-order valence-corrected chi connectivity index (χ2v) is 7.89. The van der Waals surface area contributed by atoms with Crippen LogP contribution in [-0.2, 0) is 11.2 Å². The van der Waals surface area contributed by atoms with Crippen molar-refractivity contribution in [2.75, 3.05) is 0 Å². The molecule has 1 N–H and O–H groups in total. The average molecular weight is 415 g/mol. The second-order valence-electron chi connectivity index (χ2n) is 7.08. The SMILES string of the molecule is CC(C)(C)OC(=O)c1ccc(Cc2[nH]c(=O)cc3cnc(Br)cc23)cc1. The van der Waals surface area contributed by atoms with Crippen molar-refractivity contribution in [3.8, 4) is 0 Å². The fourth-order valence-corrected chi connectivity index (χ4v) is 2.98. The van der Waals surface area contributed by atoms with Crippen molar-refractivity contribution in [1.82, 2.24) is 9.97 Å². The first-order valence-corrected chi connectivity index (χ1v) is 9.00. The van der Waals surface area contributed by atoms with Gasteiger partial charge < -0.3 is 9.72 Å². The summed E-state index contributed by atoms with van der Waals surface area (Å²) in [6.45, 7) is 5.51. The van der Waals surface area contributed by atoms with Gasteiger partial charge in [0.25, 0.3) is 0 Å². The van der Waals surface area contributed by atoms with Gasteiger partial charge in [-0.05, 0) is 60.5 Å². The molecule has 0 spiro atoms. The van der Waals surface area contributed by atoms with Crippen LogP contribution in [0, 0.1) is 0 Å². The van der Waals surface area contributed by atoms with Crippen molar-refractivity contribution >= 4 is 32.7 Å². The van der Waals surface area contributed by atoms with Crippen molar-refractivity contribution in [3.05, 3.63) is 74.4 Å². The molecule has 3 rings (SSSR count). The molecular formula is C20H19BrN2O3. The Morgan fingerprint density at radius 3 is 2.54 bits per heavy atom. The monoisotopic (exact) mass is 414 g/mol. The first-order valence-electron chi connectivity index (χ1n) is 8.21. The molecule has 2 aromatic heterocycles. The summed E-state index contributed by atoms with van der Waals surface area (Å²) in [4.78, 5) is 31.1. The van der Waals surface area contributed by atoms with Gasteiger partial charge in [0.15, 0.2) is 0 Å². The summed E-state index contributed by atoms with van der Waals surface area (Å²) < 4.78 is 6.08. The van der Waals surface area contributed by atoms with Crippen molar-refractivity contribution in [3.63, 3.8) is 0 Å². The maximum absolute atomic E-state index is 12.1. The third-order valence-electron chi connectivity index (χ3n) is 3.76. The van der Waals surface area contributed by atoms with Crippen molar-refractivity contribution in [2.45, 2.75) is 32.8 Å². The van der Waals surface area contributed by atoms with Gasteiger partial charge in [-0.3, -0.25) is 4.79 Å². The number of halogens is 1. The van der Waals surface area contributed by atoms with E-state index in [9.17, 15) is 9.59 Å². The number of carbonyl (C=O) groups is 1. The Kier molecular flexibility index (Phi) is 4.96. The molecule has 3 aromatic rings. The summed E-state index contributed by atoms with van der Waals surface area (Å²) in [5.74, 6) is -0.349. The Labute approximate surface area is 159 Å². The minimum atomic E-state index is -0.528. The number of rotatable bonds is 3. The van der Waals surface area contributed by atoms with E-state index in [4.69, 9.17) is 4.74 Å². The van der Waals surface area contributed by atoms with Crippen molar-refractivity contribution < 1.29 is 9.53 Å². The van der Waals surface area contributed by atoms with Crippen LogP contribution in [0.3, 0.4) is 0 Å². The molecule has 2 heterocycles. The topological polar surface area (TPSA) is 72.1 Å². The maximum atomic E-state index is 12.1. The van der Waals surface area contributed by atoms with E-state index in [1.807, 2.05) is 39.0 Å². The number of fused-ring (bicyclic) bond motifs is 1. The lowest BCUT2D eigenvalue weighted by molar-refractivity contribution is 0.00695. The molecular weight excluding hydrogens is 396 g/mol. The predicted octanol–water partition coefficient (Wildman–Crippen LogP) is 4.23. The lowest BCUT2D eigenvalue weighted by Crippen LogP contribution is -2.23. The molecule has 0 radical (unpaired) electrons. The summed E-state index contributed by atoms with van der Waals surface area (Å²) in [5.41, 5.74) is 1.60. The zero-order valence-corrected chi connectivity index (χ0v) is 16.4. The van der Waals surface area contributed by atoms with Crippen LogP contribution in [0.4, 0.5) is 0 Å². The first-order chi connectivity index (χ1) is 12.2. The van der Waals surface area contributed by atoms with Crippen LogP contribution in [0.5, 0.6) is 0 Å². The number of aromatic nitrogens is 2. The largest absolute Gasteiger partial charge is 0.456 e. The standard InChI is InChI=1S/C20H19BrN2O3/c1-20(2,3)26-19(25)13-6-4-12(5-7-13)8-16-15-10-17(21)22-11-14(15)9-18(24)23-16/h4-7,9-11H,8H2,1-3H3,(H,23,24). The quantitative estimate of drug-likeness (QED) is 0.513. The van der Waals surface area contributed by atoms with Crippen molar-refractivity contribution in [1.29, 1.82) is 0 Å². The van der Waals surface area contributed by atoms with Gasteiger partial charge in [-0.15, -0.1) is 0 Å². The Morgan fingerprint density at radius 2 is 1.88 bits per heavy atom. The number of carbonyl (C=O) groups excluding carboxylic acids is 1. The molecule has 0 aliphatic carbocycles. The summed E-state index contributed by atoms with van der Waals surface area (Å²) >= 11 is 3.37. The van der Waals surface area contributed by atoms with Crippen LogP contribution >= 0.6 is 15.9 Å². The first kappa shape index (κ1) is 18.3. The molecule has 0 atom stereocenters. The van der Waals surface area contributed by atoms with Gasteiger partial charge in [0.1, 0.15) is 10.2 Å². The molecule has 5 nitrogen and oxygen atoms in total. The highest BCUT2D eigenvalue weighted by atomic mass is 79.9. The van der Waals surface area contributed by atoms with E-state index in [0.717, 1.165) is 22.0 Å². The van der Waals surface area contributed by atoms with Crippen LogP contribution in [0.15, 0.2) is 52.0 Å². The van der Waals surface area contributed by atoms with Crippen LogP contribution in [0.2, 0.25) is 0 Å². The minimum Gasteiger partial charge on any atom is -0.456 e. The summed E-state index contributed by atoms with van der Waals surface area (Å²) in [7, 11) is 0. The molecule has 0 amide bonds. The lowest BCUT2D eigenvalue weighted by atomic mass is 10.0. The summed E-state index contributed by atoms with van der Waals surface area (Å²) in [6, 6.07) is 10.6. The van der Waals surface area contributed by atoms with Gasteiger partial charge in [-0.1, -0.05) is 12.1 Å². The Balaban J connectivity index is 1.88. The smallest absolute Gasteiger partial charge is 0.338 e. The van der Waals surface area contributed by atoms with E-state index in [1.54, 1.807) is 18.3 Å². The maximum Gasteiger partial charge on any atom is 0.338 e. The summed E-state index contributed by atoms with van der Waals surface area (Å²) in [5, 5.41) is 1.72. The van der Waals surface area contributed by atoms with E-state index in [1.165, 1.54) is 6.07 Å². The van der Waals surface area contributed by atoms with Crippen LogP contribution in [0.1, 0.15) is 42.4 Å². The third-order valence-corrected chi connectivity index (χ3v) is 4.19. The number of hydrogen-bond donors (Lipinski definition) is 1. The van der Waals surface area contributed by atoms with E-state index in [-0.39, 0.29) is 11.5 Å². The Bertz CT molecular complexity index is 1020. The van der Waals surface area contributed by atoms with Gasteiger partial charge in [0.2, 0.25) is 5.56 Å². The average Bonchev–Trinajstić information content (AvgIpc) is 2.54. The van der Waals surface area contributed by atoms with Crippen LogP contribution in [0.25, 0.3) is 10.8 Å². The normalized spacial score (nSPS) is 11.5. The number of aromatic amines is 1. The molecule has 26 heavy (non-hydrogen) atoms. The predicted molar refractivity (Wildman–Crippen MR) is 104 cm³/mol. The van der Waals surface area contributed by atoms with E-state index < -0.39 is 5.60 Å². The van der Waals surface area contributed by atoms with E-state index in [2.05, 4.69) is 25.9 Å². The van der Waals surface area contributed by atoms with Gasteiger partial charge in [0.05, 0.1) is 5.56 Å². The molecule has 0 fully saturated rings. The highest BCUT2D eigenvalue weighted by Gasteiger charge is 2.17. The minimum absolute atomic E-state index is 0.165. The molecule has 6 heteroatoms. The van der Waals surface area contributed by atoms with Gasteiger partial charge in [-0.25, -0.2) is 9.78 Å². The van der Waals surface area contributed by atoms with Crippen molar-refractivity contribution in [2.24, 2.45) is 0 Å². The second kappa shape index (κ2) is 7.03. The molecule has 134 valence electrons. The van der Waals surface area contributed by atoms with Gasteiger partial charge in [0, 0.05) is 35.2 Å². The molecule has 0 unspecified atom stereocenters. The molecule has 0 saturated heterocycles. The van der Waals surface area contributed by atoms with E-state index in [0.29, 0.717) is 16.6 Å². The highest BCUT2D eigenvalue weighted by Crippen LogP contribution is 2.21. The van der Waals surface area contributed by atoms with Crippen LogP contribution < -0.4 is 5.56 Å². The molecule has 0 aliphatic rings. The molecule has 0 aliphatic heterocycles. The van der Waals surface area contributed by atoms with Crippen LogP contribution in [-0.4, -0.2) is 21.5 Å². The zero-order chi connectivity index (χ0) is 18.9. The zero-order valence-electron chi connectivity index (χ0n) is 14.8. The summed E-state index contributed by atoms with van der Waals surface area (Å²) in [6.07, 6.45) is 2.21. The third kappa shape index (κ3) is 4.38. The number of nitrogens with zero attached hydrogens (tertiary/aromatic N) is 1. The molecule has 0 bridgehead atoms. The number of hydrogen-bond acceptors (Lipinski definition) is 4. The Hall–Kier alpha value is -2.47. The molecule has 0 saturated carbocycles. The number of H-pyrrole nitrogens is 1. The number of pyridine rings is 2. The van der Waals surface area contributed by atoms with Gasteiger partial charge in [-0.2, -0.15) is 0 Å².